The summed E-state index contributed by atoms with van der Waals surface area (Å²) < 4.78 is 5.78. The Morgan fingerprint density at radius 2 is 0.610 bits per heavy atom. The van der Waals surface area contributed by atoms with Crippen molar-refractivity contribution in [1.82, 2.24) is 0 Å². The number of fused-ring (bicyclic) bond motifs is 2. The Morgan fingerprint density at radius 3 is 0.927 bits per heavy atom. The van der Waals surface area contributed by atoms with E-state index in [0.717, 1.165) is 35.1 Å². The van der Waals surface area contributed by atoms with Crippen LogP contribution in [0.2, 0.25) is 0 Å². The van der Waals surface area contributed by atoms with Crippen LogP contribution in [0.4, 0.5) is 0 Å². The van der Waals surface area contributed by atoms with Crippen molar-refractivity contribution < 1.29 is 25.2 Å². The van der Waals surface area contributed by atoms with Gasteiger partial charge in [0.25, 0.3) is 0 Å². The zero-order valence-electron chi connectivity index (χ0n) is 22.6. The molecule has 1 aliphatic rings. The minimum absolute atomic E-state index is 0. The third-order valence-electron chi connectivity index (χ3n) is 6.22. The van der Waals surface area contributed by atoms with Gasteiger partial charge in [0.05, 0.1) is 0 Å². The third kappa shape index (κ3) is 9.90. The summed E-state index contributed by atoms with van der Waals surface area (Å²) in [4.78, 5) is 0. The second-order valence-electron chi connectivity index (χ2n) is 9.21. The maximum Gasteiger partial charge on any atom is 0.130 e. The quantitative estimate of drug-likeness (QED) is 0.137. The molecule has 1 aliphatic heterocycles. The van der Waals surface area contributed by atoms with Gasteiger partial charge in [0.1, 0.15) is 11.5 Å². The van der Waals surface area contributed by atoms with Crippen molar-refractivity contribution in [3.05, 3.63) is 181 Å². The van der Waals surface area contributed by atoms with Gasteiger partial charge in [-0.15, -0.1) is 0 Å². The molecule has 0 aromatic heterocycles. The largest absolute Gasteiger partial charge is 0.457 e. The molecule has 7 rings (SSSR count). The molecule has 1 nitrogen and oxygen atoms in total. The molecule has 41 heavy (non-hydrogen) atoms. The third-order valence-corrected chi connectivity index (χ3v) is 8.71. The molecule has 0 spiro atoms. The zero-order valence-corrected chi connectivity index (χ0v) is 26.2. The molecule has 0 fully saturated rings. The summed E-state index contributed by atoms with van der Waals surface area (Å²) in [6.07, 6.45) is 0.979. The zero-order chi connectivity index (χ0) is 27.2. The van der Waals surface area contributed by atoms with Crippen LogP contribution in [0.5, 0.6) is 11.5 Å². The van der Waals surface area contributed by atoms with E-state index in [1.165, 1.54) is 32.3 Å². The first-order valence-electron chi connectivity index (χ1n) is 13.4. The van der Waals surface area contributed by atoms with Gasteiger partial charge < -0.3 is 4.74 Å². The second-order valence-corrected chi connectivity index (χ2v) is 12.0. The summed E-state index contributed by atoms with van der Waals surface area (Å²) in [6.45, 7) is 0. The molecule has 0 bridgehead atoms. The van der Waals surface area contributed by atoms with E-state index in [2.05, 4.69) is 146 Å². The van der Waals surface area contributed by atoms with Gasteiger partial charge in [0, 0.05) is 26.8 Å². The summed E-state index contributed by atoms with van der Waals surface area (Å²) >= 11 is 0. The van der Waals surface area contributed by atoms with Gasteiger partial charge >= 0.3 is 0 Å². The fourth-order valence-electron chi connectivity index (χ4n) is 4.24. The van der Waals surface area contributed by atoms with Crippen LogP contribution in [0.15, 0.2) is 170 Å². The maximum absolute atomic E-state index is 5.78. The monoisotopic (exact) mass is 660 g/mol. The molecule has 0 amide bonds. The van der Waals surface area contributed by atoms with Gasteiger partial charge in [-0.25, -0.2) is 0 Å². The minimum atomic E-state index is 0. The summed E-state index contributed by atoms with van der Waals surface area (Å²) in [7, 11) is 1.55. The number of para-hydroxylation sites is 2. The fraction of sp³-hybridized carbons (Fsp3) is 0.0270. The molecule has 6 aromatic carbocycles. The van der Waals surface area contributed by atoms with Crippen molar-refractivity contribution in [3.63, 3.8) is 0 Å². The Hall–Kier alpha value is -3.36. The summed E-state index contributed by atoms with van der Waals surface area (Å²) in [6, 6.07) is 58.7. The van der Waals surface area contributed by atoms with E-state index < -0.39 is 0 Å². The molecular weight excluding hydrogens is 629 g/mol. The first kappa shape index (κ1) is 30.6. The Morgan fingerprint density at radius 1 is 0.341 bits per heavy atom. The maximum atomic E-state index is 5.78. The standard InChI is InChI=1S/C13H10O.2C12H11P.Pd/c1-3-7-12-10(5-1)9-11-6-2-4-8-13(11)14-12;2*1-3-7-11(8-4-1)13-12-9-5-2-6-10-12;/h1-8H,9H2;2*1-10,13H;. The average molecular weight is 661 g/mol. The van der Waals surface area contributed by atoms with E-state index in [9.17, 15) is 0 Å². The second kappa shape index (κ2) is 16.8. The summed E-state index contributed by atoms with van der Waals surface area (Å²) in [5, 5.41) is 5.59. The van der Waals surface area contributed by atoms with Crippen molar-refractivity contribution >= 4 is 38.4 Å². The van der Waals surface area contributed by atoms with Crippen molar-refractivity contribution in [2.24, 2.45) is 0 Å². The molecule has 1 heterocycles. The van der Waals surface area contributed by atoms with E-state index in [0.29, 0.717) is 0 Å². The molecule has 0 aliphatic carbocycles. The van der Waals surface area contributed by atoms with Gasteiger partial charge in [0.2, 0.25) is 0 Å². The predicted octanol–water partition coefficient (Wildman–Crippen LogP) is 8.01. The van der Waals surface area contributed by atoms with Crippen molar-refractivity contribution in [1.29, 1.82) is 0 Å². The summed E-state index contributed by atoms with van der Waals surface area (Å²) in [5.41, 5.74) is 2.54. The minimum Gasteiger partial charge on any atom is -0.457 e. The molecule has 0 unspecified atom stereocenters. The Kier molecular flexibility index (Phi) is 12.5. The summed E-state index contributed by atoms with van der Waals surface area (Å²) in [5.74, 6) is 1.98. The molecular formula is C37H32OP2Pd. The van der Waals surface area contributed by atoms with Crippen LogP contribution in [0.3, 0.4) is 0 Å². The normalized spacial score (nSPS) is 10.5. The van der Waals surface area contributed by atoms with Crippen LogP contribution in [-0.2, 0) is 26.8 Å². The fourth-order valence-corrected chi connectivity index (χ4v) is 6.34. The Bertz CT molecular complexity index is 1340. The van der Waals surface area contributed by atoms with Crippen LogP contribution >= 0.6 is 17.2 Å². The van der Waals surface area contributed by atoms with Crippen LogP contribution in [0, 0.1) is 0 Å². The molecule has 206 valence electrons. The average Bonchev–Trinajstić information content (AvgIpc) is 3.03. The van der Waals surface area contributed by atoms with Crippen LogP contribution in [0.1, 0.15) is 11.1 Å². The molecule has 0 saturated heterocycles. The van der Waals surface area contributed by atoms with Gasteiger partial charge in [-0.1, -0.05) is 175 Å². The van der Waals surface area contributed by atoms with Crippen molar-refractivity contribution in [3.8, 4) is 11.5 Å². The van der Waals surface area contributed by atoms with E-state index in [1.54, 1.807) is 0 Å². The number of hydrogen-bond acceptors (Lipinski definition) is 1. The number of ether oxygens (including phenoxy) is 1. The Labute approximate surface area is 261 Å². The van der Waals surface area contributed by atoms with Crippen molar-refractivity contribution in [2.45, 2.75) is 6.42 Å². The first-order chi connectivity index (χ1) is 19.8. The molecule has 0 N–H and O–H groups in total. The molecule has 0 radical (unpaired) electrons. The van der Waals surface area contributed by atoms with Crippen molar-refractivity contribution in [2.75, 3.05) is 0 Å². The van der Waals surface area contributed by atoms with Gasteiger partial charge in [-0.05, 0) is 44.5 Å². The first-order valence-corrected chi connectivity index (χ1v) is 15.4. The van der Waals surface area contributed by atoms with Gasteiger partial charge in [0.15, 0.2) is 0 Å². The topological polar surface area (TPSA) is 9.23 Å². The predicted molar refractivity (Wildman–Crippen MR) is 177 cm³/mol. The van der Waals surface area contributed by atoms with Crippen LogP contribution < -0.4 is 26.0 Å². The molecule has 0 saturated carbocycles. The number of benzene rings is 6. The Balaban J connectivity index is 0.000000140. The number of hydrogen-bond donors (Lipinski definition) is 0. The van der Waals surface area contributed by atoms with Crippen LogP contribution in [0.25, 0.3) is 0 Å². The number of rotatable bonds is 4. The molecule has 0 atom stereocenters. The smallest absolute Gasteiger partial charge is 0.130 e. The van der Waals surface area contributed by atoms with E-state index >= 15 is 0 Å². The van der Waals surface area contributed by atoms with E-state index in [-0.39, 0.29) is 20.4 Å². The van der Waals surface area contributed by atoms with Gasteiger partial charge in [-0.3, -0.25) is 0 Å². The van der Waals surface area contributed by atoms with E-state index in [4.69, 9.17) is 4.74 Å². The van der Waals surface area contributed by atoms with Crippen LogP contribution in [-0.4, -0.2) is 0 Å². The van der Waals surface area contributed by atoms with Gasteiger partial charge in [-0.2, -0.15) is 0 Å². The van der Waals surface area contributed by atoms with E-state index in [1.807, 2.05) is 24.3 Å². The SMILES string of the molecule is [Pd].c1ccc(Pc2ccccc2)cc1.c1ccc(Pc2ccccc2)cc1.c1ccc2c(c1)Cc1ccccc1O2. The molecule has 4 heteroatoms. The molecule has 6 aromatic rings.